The van der Waals surface area contributed by atoms with E-state index in [9.17, 15) is 0 Å². The van der Waals surface area contributed by atoms with Crippen LogP contribution in [0.25, 0.3) is 5.70 Å². The van der Waals surface area contributed by atoms with Crippen LogP contribution in [0, 0.1) is 13.8 Å². The molecule has 35 heavy (non-hydrogen) atoms. The molecule has 1 N–H and O–H groups in total. The summed E-state index contributed by atoms with van der Waals surface area (Å²) in [5.41, 5.74) is 13.7. The summed E-state index contributed by atoms with van der Waals surface area (Å²) in [6, 6.07) is 26.8. The lowest BCUT2D eigenvalue weighted by molar-refractivity contribution is 0.554. The fourth-order valence-corrected chi connectivity index (χ4v) is 4.99. The SMILES string of the molecule is C=C(C)C(CC1C=C(c2ccc(N(CC)CC)cc2)N(c2ccc(C)cc2)N1)c1cccc(C)c1. The number of rotatable bonds is 9. The Hall–Kier alpha value is -3.30. The molecule has 0 aliphatic carbocycles. The van der Waals surface area contributed by atoms with Crippen LogP contribution in [0.15, 0.2) is 91.0 Å². The molecular formula is C32H39N3. The van der Waals surface area contributed by atoms with Crippen LogP contribution in [-0.2, 0) is 0 Å². The van der Waals surface area contributed by atoms with E-state index < -0.39 is 0 Å². The Morgan fingerprint density at radius 1 is 0.943 bits per heavy atom. The third-order valence-electron chi connectivity index (χ3n) is 7.01. The molecule has 2 unspecified atom stereocenters. The Morgan fingerprint density at radius 3 is 2.23 bits per heavy atom. The highest BCUT2D eigenvalue weighted by Crippen LogP contribution is 2.35. The predicted molar refractivity (Wildman–Crippen MR) is 152 cm³/mol. The van der Waals surface area contributed by atoms with E-state index in [2.05, 4.69) is 135 Å². The molecule has 3 aromatic carbocycles. The molecule has 0 aromatic heterocycles. The van der Waals surface area contributed by atoms with Crippen LogP contribution in [0.2, 0.25) is 0 Å². The highest BCUT2D eigenvalue weighted by atomic mass is 15.5. The third-order valence-corrected chi connectivity index (χ3v) is 7.01. The van der Waals surface area contributed by atoms with Crippen molar-refractivity contribution in [2.24, 2.45) is 0 Å². The zero-order chi connectivity index (χ0) is 24.9. The van der Waals surface area contributed by atoms with Crippen molar-refractivity contribution >= 4 is 17.1 Å². The molecule has 0 saturated heterocycles. The molecule has 0 bridgehead atoms. The smallest absolute Gasteiger partial charge is 0.0626 e. The molecule has 3 nitrogen and oxygen atoms in total. The molecule has 182 valence electrons. The molecule has 0 radical (unpaired) electrons. The number of hydrogen-bond donors (Lipinski definition) is 1. The summed E-state index contributed by atoms with van der Waals surface area (Å²) >= 11 is 0. The largest absolute Gasteiger partial charge is 0.372 e. The predicted octanol–water partition coefficient (Wildman–Crippen LogP) is 7.63. The second-order valence-electron chi connectivity index (χ2n) is 9.73. The first kappa shape index (κ1) is 24.8. The van der Waals surface area contributed by atoms with E-state index in [0.717, 1.165) is 25.2 Å². The number of benzene rings is 3. The summed E-state index contributed by atoms with van der Waals surface area (Å²) in [4.78, 5) is 2.38. The Bertz CT molecular complexity index is 1170. The van der Waals surface area contributed by atoms with E-state index in [1.165, 1.54) is 39.2 Å². The molecule has 3 heteroatoms. The first-order valence-electron chi connectivity index (χ1n) is 12.8. The van der Waals surface area contributed by atoms with Crippen LogP contribution in [0.4, 0.5) is 11.4 Å². The van der Waals surface area contributed by atoms with Gasteiger partial charge in [-0.25, -0.2) is 5.43 Å². The number of aryl methyl sites for hydroxylation is 2. The van der Waals surface area contributed by atoms with Gasteiger partial charge in [-0.1, -0.05) is 71.8 Å². The molecule has 0 fully saturated rings. The second kappa shape index (κ2) is 11.0. The monoisotopic (exact) mass is 465 g/mol. The molecule has 1 heterocycles. The van der Waals surface area contributed by atoms with Crippen molar-refractivity contribution in [1.82, 2.24) is 5.43 Å². The Morgan fingerprint density at radius 2 is 1.63 bits per heavy atom. The zero-order valence-electron chi connectivity index (χ0n) is 21.9. The van der Waals surface area contributed by atoms with Crippen LogP contribution < -0.4 is 15.3 Å². The zero-order valence-corrected chi connectivity index (χ0v) is 21.9. The molecule has 1 aliphatic heterocycles. The summed E-state index contributed by atoms with van der Waals surface area (Å²) in [6.45, 7) is 17.2. The highest BCUT2D eigenvalue weighted by molar-refractivity contribution is 5.81. The summed E-state index contributed by atoms with van der Waals surface area (Å²) < 4.78 is 0. The maximum Gasteiger partial charge on any atom is 0.0626 e. The summed E-state index contributed by atoms with van der Waals surface area (Å²) in [6.07, 6.45) is 3.35. The lowest BCUT2D eigenvalue weighted by atomic mass is 9.86. The normalized spacial score (nSPS) is 16.2. The number of allylic oxidation sites excluding steroid dienone is 1. The third kappa shape index (κ3) is 5.68. The van der Waals surface area contributed by atoms with Crippen molar-refractivity contribution in [2.45, 2.75) is 53.0 Å². The van der Waals surface area contributed by atoms with Crippen LogP contribution in [-0.4, -0.2) is 19.1 Å². The molecule has 0 amide bonds. The Balaban J connectivity index is 1.66. The van der Waals surface area contributed by atoms with Crippen molar-refractivity contribution in [1.29, 1.82) is 0 Å². The molecule has 2 atom stereocenters. The van der Waals surface area contributed by atoms with E-state index in [4.69, 9.17) is 0 Å². The average molecular weight is 466 g/mol. The number of nitrogens with one attached hydrogen (secondary N) is 1. The quantitative estimate of drug-likeness (QED) is 0.328. The Labute approximate surface area is 211 Å². The molecular weight excluding hydrogens is 426 g/mol. The van der Waals surface area contributed by atoms with Crippen LogP contribution >= 0.6 is 0 Å². The number of nitrogens with zero attached hydrogens (tertiary/aromatic N) is 2. The molecule has 0 saturated carbocycles. The minimum absolute atomic E-state index is 0.205. The first-order valence-corrected chi connectivity index (χ1v) is 12.8. The van der Waals surface area contributed by atoms with Gasteiger partial charge in [-0.2, -0.15) is 0 Å². The van der Waals surface area contributed by atoms with Gasteiger partial charge in [0.15, 0.2) is 0 Å². The summed E-state index contributed by atoms with van der Waals surface area (Å²) in [5, 5.41) is 2.25. The van der Waals surface area contributed by atoms with E-state index in [1.54, 1.807) is 0 Å². The number of hydrogen-bond acceptors (Lipinski definition) is 3. The average Bonchev–Trinajstić information content (AvgIpc) is 3.28. The van der Waals surface area contributed by atoms with Gasteiger partial charge in [0.05, 0.1) is 11.4 Å². The highest BCUT2D eigenvalue weighted by Gasteiger charge is 2.28. The van der Waals surface area contributed by atoms with Gasteiger partial charge in [-0.3, -0.25) is 5.01 Å². The number of hydrazine groups is 1. The van der Waals surface area contributed by atoms with E-state index in [-0.39, 0.29) is 6.04 Å². The van der Waals surface area contributed by atoms with Gasteiger partial charge in [0.1, 0.15) is 0 Å². The fourth-order valence-electron chi connectivity index (χ4n) is 4.99. The van der Waals surface area contributed by atoms with Crippen LogP contribution in [0.3, 0.4) is 0 Å². The maximum absolute atomic E-state index is 4.34. The fraction of sp³-hybridized carbons (Fsp3) is 0.312. The van der Waals surface area contributed by atoms with Crippen molar-refractivity contribution in [3.8, 4) is 0 Å². The van der Waals surface area contributed by atoms with Crippen LogP contribution in [0.1, 0.15) is 55.4 Å². The van der Waals surface area contributed by atoms with Gasteiger partial charge < -0.3 is 4.90 Å². The van der Waals surface area contributed by atoms with Crippen molar-refractivity contribution in [3.05, 3.63) is 113 Å². The molecule has 4 rings (SSSR count). The van der Waals surface area contributed by atoms with E-state index >= 15 is 0 Å². The number of anilines is 2. The van der Waals surface area contributed by atoms with E-state index in [0.29, 0.717) is 5.92 Å². The van der Waals surface area contributed by atoms with Crippen molar-refractivity contribution in [2.75, 3.05) is 23.0 Å². The van der Waals surface area contributed by atoms with Gasteiger partial charge >= 0.3 is 0 Å². The van der Waals surface area contributed by atoms with Crippen LogP contribution in [0.5, 0.6) is 0 Å². The van der Waals surface area contributed by atoms with Gasteiger partial charge in [-0.15, -0.1) is 0 Å². The van der Waals surface area contributed by atoms with E-state index in [1.807, 2.05) is 0 Å². The van der Waals surface area contributed by atoms with Gasteiger partial charge in [0, 0.05) is 30.7 Å². The Kier molecular flexibility index (Phi) is 7.77. The second-order valence-corrected chi connectivity index (χ2v) is 9.73. The minimum Gasteiger partial charge on any atom is -0.372 e. The lowest BCUT2D eigenvalue weighted by Gasteiger charge is -2.27. The molecule has 1 aliphatic rings. The molecule has 0 spiro atoms. The maximum atomic E-state index is 4.34. The standard InChI is InChI=1S/C32H39N3/c1-7-34(8-2)29-18-14-26(15-19-29)32-22-28(33-35(32)30-16-12-24(5)13-17-30)21-31(23(3)4)27-11-9-10-25(6)20-27/h9-20,22,28,31,33H,3,7-8,21H2,1-2,4-6H3. The van der Waals surface area contributed by atoms with Gasteiger partial charge in [0.2, 0.25) is 0 Å². The first-order chi connectivity index (χ1) is 16.9. The summed E-state index contributed by atoms with van der Waals surface area (Å²) in [7, 11) is 0. The van der Waals surface area contributed by atoms with Gasteiger partial charge in [0.25, 0.3) is 0 Å². The molecule has 3 aromatic rings. The van der Waals surface area contributed by atoms with Gasteiger partial charge in [-0.05, 0) is 82.5 Å². The topological polar surface area (TPSA) is 18.5 Å². The lowest BCUT2D eigenvalue weighted by Crippen LogP contribution is -2.37. The van der Waals surface area contributed by atoms with Crippen molar-refractivity contribution in [3.63, 3.8) is 0 Å². The van der Waals surface area contributed by atoms with Crippen molar-refractivity contribution < 1.29 is 0 Å². The minimum atomic E-state index is 0.205. The summed E-state index contributed by atoms with van der Waals surface area (Å²) in [5.74, 6) is 0.299.